The van der Waals surface area contributed by atoms with Crippen LogP contribution in [0.1, 0.15) is 31.9 Å². The maximum absolute atomic E-state index is 13.6. The predicted octanol–water partition coefficient (Wildman–Crippen LogP) is 4.06. The Morgan fingerprint density at radius 3 is 2.55 bits per heavy atom. The van der Waals surface area contributed by atoms with Crippen LogP contribution in [0.3, 0.4) is 0 Å². The number of carbonyl (C=O) groups excluding carboxylic acids is 1. The van der Waals surface area contributed by atoms with Crippen molar-refractivity contribution in [1.29, 1.82) is 0 Å². The van der Waals surface area contributed by atoms with E-state index in [1.54, 1.807) is 23.1 Å². The smallest absolute Gasteiger partial charge is 0.433 e. The van der Waals surface area contributed by atoms with Crippen molar-refractivity contribution in [2.45, 2.75) is 50.7 Å². The zero-order valence-corrected chi connectivity index (χ0v) is 18.6. The monoisotopic (exact) mass is 469 g/mol. The number of hydrogen-bond acceptors (Lipinski definition) is 5. The molecule has 6 nitrogen and oxygen atoms in total. The molecule has 0 spiro atoms. The first-order chi connectivity index (χ1) is 15.7. The van der Waals surface area contributed by atoms with Gasteiger partial charge in [0.2, 0.25) is 5.91 Å². The molecule has 2 saturated heterocycles. The van der Waals surface area contributed by atoms with Crippen LogP contribution >= 0.6 is 0 Å². The van der Waals surface area contributed by atoms with Crippen LogP contribution in [0.5, 0.6) is 11.5 Å². The predicted molar refractivity (Wildman–Crippen MR) is 114 cm³/mol. The SMILES string of the molecule is COc1cccc2c(OC3CCN(CC(=O)N4C[C@@H](F)C[C@H]4C)CC3)cc(C(F)(F)F)nc12. The topological polar surface area (TPSA) is 54.9 Å². The molecule has 4 rings (SSSR count). The van der Waals surface area contributed by atoms with Crippen molar-refractivity contribution in [1.82, 2.24) is 14.8 Å². The summed E-state index contributed by atoms with van der Waals surface area (Å²) in [4.78, 5) is 19.9. The average molecular weight is 469 g/mol. The van der Waals surface area contributed by atoms with Crippen LogP contribution in [-0.2, 0) is 11.0 Å². The van der Waals surface area contributed by atoms with E-state index in [1.807, 2.05) is 11.8 Å². The molecule has 1 aromatic heterocycles. The highest BCUT2D eigenvalue weighted by atomic mass is 19.4. The maximum Gasteiger partial charge on any atom is 0.433 e. The summed E-state index contributed by atoms with van der Waals surface area (Å²) in [5.41, 5.74) is -0.942. The molecule has 0 N–H and O–H groups in total. The Morgan fingerprint density at radius 2 is 1.94 bits per heavy atom. The fourth-order valence-electron chi connectivity index (χ4n) is 4.56. The number of para-hydroxylation sites is 1. The van der Waals surface area contributed by atoms with Crippen LogP contribution in [0.2, 0.25) is 0 Å². The molecule has 0 unspecified atom stereocenters. The molecule has 2 atom stereocenters. The van der Waals surface area contributed by atoms with Gasteiger partial charge in [0.25, 0.3) is 0 Å². The lowest BCUT2D eigenvalue weighted by Gasteiger charge is -2.33. The Labute approximate surface area is 189 Å². The fourth-order valence-corrected chi connectivity index (χ4v) is 4.56. The number of fused-ring (bicyclic) bond motifs is 1. The van der Waals surface area contributed by atoms with Gasteiger partial charge in [-0.15, -0.1) is 0 Å². The number of likely N-dealkylation sites (tertiary alicyclic amines) is 2. The first kappa shape index (κ1) is 23.5. The summed E-state index contributed by atoms with van der Waals surface area (Å²) < 4.78 is 65.1. The van der Waals surface area contributed by atoms with E-state index in [4.69, 9.17) is 9.47 Å². The van der Waals surface area contributed by atoms with Crippen molar-refractivity contribution in [3.05, 3.63) is 30.0 Å². The number of nitrogens with zero attached hydrogens (tertiary/aromatic N) is 3. The van der Waals surface area contributed by atoms with Crippen LogP contribution < -0.4 is 9.47 Å². The molecule has 33 heavy (non-hydrogen) atoms. The van der Waals surface area contributed by atoms with E-state index < -0.39 is 18.0 Å². The van der Waals surface area contributed by atoms with Crippen molar-refractivity contribution >= 4 is 16.8 Å². The fraction of sp³-hybridized carbons (Fsp3) is 0.565. The van der Waals surface area contributed by atoms with Crippen LogP contribution in [0.25, 0.3) is 10.9 Å². The highest BCUT2D eigenvalue weighted by Crippen LogP contribution is 2.38. The van der Waals surface area contributed by atoms with Gasteiger partial charge in [-0.2, -0.15) is 13.2 Å². The zero-order valence-electron chi connectivity index (χ0n) is 18.6. The number of halogens is 4. The highest BCUT2D eigenvalue weighted by molar-refractivity contribution is 5.90. The number of benzene rings is 1. The van der Waals surface area contributed by atoms with E-state index in [2.05, 4.69) is 4.98 Å². The van der Waals surface area contributed by atoms with Crippen molar-refractivity contribution in [3.8, 4) is 11.5 Å². The Balaban J connectivity index is 1.44. The number of methoxy groups -OCH3 is 1. The van der Waals surface area contributed by atoms with Crippen molar-refractivity contribution in [2.24, 2.45) is 0 Å². The Hall–Kier alpha value is -2.62. The zero-order chi connectivity index (χ0) is 23.8. The van der Waals surface area contributed by atoms with E-state index in [9.17, 15) is 22.4 Å². The number of ether oxygens (including phenoxy) is 2. The van der Waals surface area contributed by atoms with Gasteiger partial charge < -0.3 is 14.4 Å². The van der Waals surface area contributed by atoms with Gasteiger partial charge in [-0.3, -0.25) is 9.69 Å². The summed E-state index contributed by atoms with van der Waals surface area (Å²) in [6.07, 6.45) is -4.41. The largest absolute Gasteiger partial charge is 0.494 e. The van der Waals surface area contributed by atoms with Crippen LogP contribution in [0, 0.1) is 0 Å². The molecular weight excluding hydrogens is 442 g/mol. The van der Waals surface area contributed by atoms with E-state index >= 15 is 0 Å². The standard InChI is InChI=1S/C23H27F4N3O3/c1-14-10-15(24)12-30(14)21(31)13-29-8-6-16(7-9-29)33-19-11-20(23(25,26)27)28-22-17(19)4-3-5-18(22)32-2/h3-5,11,14-16H,6-10,12-13H2,1-2H3/t14-,15+/m1/s1. The minimum absolute atomic E-state index is 0.0935. The minimum atomic E-state index is -4.62. The summed E-state index contributed by atoms with van der Waals surface area (Å²) in [6, 6.07) is 5.72. The van der Waals surface area contributed by atoms with E-state index in [0.29, 0.717) is 37.7 Å². The molecule has 1 amide bonds. The summed E-state index contributed by atoms with van der Waals surface area (Å²) in [5, 5.41) is 0.448. The Morgan fingerprint density at radius 1 is 1.21 bits per heavy atom. The third kappa shape index (κ3) is 5.15. The van der Waals surface area contributed by atoms with Gasteiger partial charge in [0.1, 0.15) is 35.0 Å². The molecule has 10 heteroatoms. The molecular formula is C23H27F4N3O3. The molecule has 2 aromatic rings. The van der Waals surface area contributed by atoms with Crippen molar-refractivity contribution in [3.63, 3.8) is 0 Å². The van der Waals surface area contributed by atoms with E-state index in [0.717, 1.165) is 6.07 Å². The molecule has 0 saturated carbocycles. The summed E-state index contributed by atoms with van der Waals surface area (Å²) in [7, 11) is 1.38. The van der Waals surface area contributed by atoms with Crippen LogP contribution in [0.15, 0.2) is 24.3 Å². The summed E-state index contributed by atoms with van der Waals surface area (Å²) in [6.45, 7) is 3.32. The molecule has 2 aliphatic heterocycles. The number of aromatic nitrogens is 1. The lowest BCUT2D eigenvalue weighted by molar-refractivity contribution is -0.141. The van der Waals surface area contributed by atoms with E-state index in [-0.39, 0.29) is 48.2 Å². The van der Waals surface area contributed by atoms with Gasteiger partial charge >= 0.3 is 6.18 Å². The van der Waals surface area contributed by atoms with Gasteiger partial charge in [0.05, 0.1) is 20.2 Å². The first-order valence-corrected chi connectivity index (χ1v) is 11.0. The Kier molecular flexibility index (Phi) is 6.65. The third-order valence-corrected chi connectivity index (χ3v) is 6.31. The van der Waals surface area contributed by atoms with Crippen LogP contribution in [-0.4, -0.2) is 72.3 Å². The summed E-state index contributed by atoms with van der Waals surface area (Å²) in [5.74, 6) is 0.258. The average Bonchev–Trinajstić information content (AvgIpc) is 3.12. The number of amides is 1. The number of piperidine rings is 1. The van der Waals surface area contributed by atoms with Gasteiger partial charge in [-0.25, -0.2) is 9.37 Å². The second-order valence-electron chi connectivity index (χ2n) is 8.68. The number of rotatable bonds is 5. The molecule has 2 aliphatic rings. The van der Waals surface area contributed by atoms with Gasteiger partial charge in [0.15, 0.2) is 0 Å². The van der Waals surface area contributed by atoms with Crippen molar-refractivity contribution < 1.29 is 31.8 Å². The number of hydrogen-bond donors (Lipinski definition) is 0. The van der Waals surface area contributed by atoms with Gasteiger partial charge in [-0.1, -0.05) is 6.07 Å². The summed E-state index contributed by atoms with van der Waals surface area (Å²) >= 11 is 0. The molecule has 0 bridgehead atoms. The van der Waals surface area contributed by atoms with Gasteiger partial charge in [-0.05, 0) is 31.9 Å². The lowest BCUT2D eigenvalue weighted by Crippen LogP contribution is -2.46. The maximum atomic E-state index is 13.6. The second kappa shape index (κ2) is 9.32. The molecule has 0 radical (unpaired) electrons. The van der Waals surface area contributed by atoms with Crippen molar-refractivity contribution in [2.75, 3.05) is 33.3 Å². The van der Waals surface area contributed by atoms with Gasteiger partial charge in [0, 0.05) is 37.0 Å². The molecule has 0 aliphatic carbocycles. The molecule has 180 valence electrons. The quantitative estimate of drug-likeness (QED) is 0.619. The third-order valence-electron chi connectivity index (χ3n) is 6.31. The molecule has 2 fully saturated rings. The number of carbonyl (C=O) groups is 1. The number of alkyl halides is 4. The van der Waals surface area contributed by atoms with Crippen LogP contribution in [0.4, 0.5) is 17.6 Å². The van der Waals surface area contributed by atoms with E-state index in [1.165, 1.54) is 7.11 Å². The first-order valence-electron chi connectivity index (χ1n) is 11.0. The molecule has 1 aromatic carbocycles. The minimum Gasteiger partial charge on any atom is -0.494 e. The highest BCUT2D eigenvalue weighted by Gasteiger charge is 2.35. The lowest BCUT2D eigenvalue weighted by atomic mass is 10.1. The Bertz CT molecular complexity index is 1010. The normalized spacial score (nSPS) is 22.7. The second-order valence-corrected chi connectivity index (χ2v) is 8.68. The number of pyridine rings is 1. The molecule has 3 heterocycles.